The Labute approximate surface area is 239 Å². The number of fused-ring (bicyclic) bond motifs is 4. The van der Waals surface area contributed by atoms with Gasteiger partial charge in [-0.15, -0.1) is 0 Å². The van der Waals surface area contributed by atoms with Crippen LogP contribution >= 0.6 is 0 Å². The molecule has 0 atom stereocenters. The molecule has 9 heteroatoms. The van der Waals surface area contributed by atoms with E-state index in [1.165, 1.54) is 45.2 Å². The maximum absolute atomic E-state index is 15.8. The van der Waals surface area contributed by atoms with Gasteiger partial charge in [0.1, 0.15) is 11.6 Å². The Morgan fingerprint density at radius 2 is 1.62 bits per heavy atom. The molecule has 0 spiro atoms. The number of hydrogen-bond donors (Lipinski definition) is 2. The van der Waals surface area contributed by atoms with Gasteiger partial charge in [0, 0.05) is 30.2 Å². The second-order valence-corrected chi connectivity index (χ2v) is 11.1. The van der Waals surface area contributed by atoms with Gasteiger partial charge >= 0.3 is 5.69 Å². The zero-order valence-corrected chi connectivity index (χ0v) is 23.4. The molecule has 6 rings (SSSR count). The monoisotopic (exact) mass is 567 g/mol. The quantitative estimate of drug-likeness (QED) is 0.318. The van der Waals surface area contributed by atoms with Crippen molar-refractivity contribution in [2.24, 2.45) is 12.8 Å². The van der Waals surface area contributed by atoms with Gasteiger partial charge in [0.25, 0.3) is 5.56 Å². The van der Waals surface area contributed by atoms with Crippen LogP contribution in [0.5, 0.6) is 0 Å². The van der Waals surface area contributed by atoms with Crippen molar-refractivity contribution in [3.05, 3.63) is 121 Å². The summed E-state index contributed by atoms with van der Waals surface area (Å²) >= 11 is 0. The lowest BCUT2D eigenvalue weighted by Crippen LogP contribution is -2.38. The number of primary amides is 1. The molecule has 3 N–H and O–H groups in total. The number of rotatable bonds is 4. The van der Waals surface area contributed by atoms with Crippen LogP contribution in [0.2, 0.25) is 0 Å². The van der Waals surface area contributed by atoms with E-state index in [-0.39, 0.29) is 28.5 Å². The van der Waals surface area contributed by atoms with Gasteiger partial charge in [-0.25, -0.2) is 18.1 Å². The van der Waals surface area contributed by atoms with E-state index in [4.69, 9.17) is 5.73 Å². The zero-order chi connectivity index (χ0) is 30.2. The van der Waals surface area contributed by atoms with Crippen LogP contribution in [-0.4, -0.2) is 20.1 Å². The third-order valence-electron chi connectivity index (χ3n) is 8.17. The fraction of sp³-hybridized carbons (Fsp3) is 0.182. The van der Waals surface area contributed by atoms with E-state index in [0.717, 1.165) is 9.13 Å². The Balaban J connectivity index is 1.64. The Bertz CT molecular complexity index is 2120. The van der Waals surface area contributed by atoms with E-state index in [2.05, 4.69) is 0 Å². The van der Waals surface area contributed by atoms with Gasteiger partial charge in [0.05, 0.1) is 22.2 Å². The smallest absolute Gasteiger partial charge is 0.335 e. The van der Waals surface area contributed by atoms with Crippen molar-refractivity contribution in [1.29, 1.82) is 0 Å². The molecule has 0 bridgehead atoms. The maximum Gasteiger partial charge on any atom is 0.335 e. The standard InChI is InChI=1S/C33H27F2N3O4/c1-16-17(7-6-10-26(16)38-31(40)21-8-5-9-25(34)29(21)37(4)32(38)41)18-11-12-20(30(36)39)22-15-23-19(27(18)22)13-14-24(28(23)35)33(2,3)42/h5-14,42H,15H2,1-4H3,(H2,36,39). The van der Waals surface area contributed by atoms with Crippen molar-refractivity contribution in [2.75, 3.05) is 0 Å². The second kappa shape index (κ2) is 9.32. The minimum absolute atomic E-state index is 0.0561. The molecule has 1 heterocycles. The molecule has 1 aromatic heterocycles. The van der Waals surface area contributed by atoms with Crippen LogP contribution in [0.4, 0.5) is 8.78 Å². The summed E-state index contributed by atoms with van der Waals surface area (Å²) in [5, 5.41) is 10.6. The van der Waals surface area contributed by atoms with E-state index >= 15 is 4.39 Å². The molecule has 0 saturated carbocycles. The van der Waals surface area contributed by atoms with Gasteiger partial charge in [-0.2, -0.15) is 0 Å². The summed E-state index contributed by atoms with van der Waals surface area (Å²) in [5.74, 6) is -1.88. The zero-order valence-electron chi connectivity index (χ0n) is 23.4. The van der Waals surface area contributed by atoms with Gasteiger partial charge in [-0.3, -0.25) is 14.2 Å². The van der Waals surface area contributed by atoms with Crippen LogP contribution in [-0.2, 0) is 19.1 Å². The molecule has 0 saturated heterocycles. The number of nitrogens with zero attached hydrogens (tertiary/aromatic N) is 2. The summed E-state index contributed by atoms with van der Waals surface area (Å²) < 4.78 is 32.5. The van der Waals surface area contributed by atoms with Gasteiger partial charge in [-0.05, 0) is 78.4 Å². The summed E-state index contributed by atoms with van der Waals surface area (Å²) in [6.45, 7) is 4.76. The molecule has 1 aliphatic rings. The molecule has 4 aromatic carbocycles. The van der Waals surface area contributed by atoms with Crippen LogP contribution in [0.25, 0.3) is 38.8 Å². The van der Waals surface area contributed by atoms with Crippen molar-refractivity contribution < 1.29 is 18.7 Å². The number of aryl methyl sites for hydroxylation is 1. The number of hydrogen-bond acceptors (Lipinski definition) is 4. The van der Waals surface area contributed by atoms with Crippen LogP contribution in [0, 0.1) is 18.6 Å². The molecule has 1 amide bonds. The molecule has 212 valence electrons. The SMILES string of the molecule is Cc1c(-c2ccc(C(N)=O)c3c2-c2ccc(C(C)(C)O)c(F)c2C3)cccc1-n1c(=O)c2cccc(F)c2n(C)c1=O. The van der Waals surface area contributed by atoms with Crippen molar-refractivity contribution in [1.82, 2.24) is 9.13 Å². The van der Waals surface area contributed by atoms with E-state index in [1.54, 1.807) is 37.3 Å². The summed E-state index contributed by atoms with van der Waals surface area (Å²) in [5.41, 5.74) is 7.48. The van der Waals surface area contributed by atoms with Crippen molar-refractivity contribution in [2.45, 2.75) is 32.8 Å². The first-order chi connectivity index (χ1) is 19.8. The highest BCUT2D eigenvalue weighted by atomic mass is 19.1. The number of para-hydroxylation sites is 1. The highest BCUT2D eigenvalue weighted by Crippen LogP contribution is 2.47. The number of benzene rings is 4. The average molecular weight is 568 g/mol. The van der Waals surface area contributed by atoms with E-state index in [0.29, 0.717) is 44.6 Å². The average Bonchev–Trinajstić information content (AvgIpc) is 3.32. The summed E-state index contributed by atoms with van der Waals surface area (Å²) in [6.07, 6.45) is 0.0987. The first kappa shape index (κ1) is 27.3. The molecule has 1 aliphatic carbocycles. The normalized spacial score (nSPS) is 12.5. The lowest BCUT2D eigenvalue weighted by molar-refractivity contribution is 0.0744. The number of carbonyl (C=O) groups excluding carboxylic acids is 1. The van der Waals surface area contributed by atoms with Gasteiger partial charge < -0.3 is 10.8 Å². The van der Waals surface area contributed by atoms with Gasteiger partial charge in [0.2, 0.25) is 5.91 Å². The highest BCUT2D eigenvalue weighted by Gasteiger charge is 2.32. The molecule has 7 nitrogen and oxygen atoms in total. The molecule has 0 unspecified atom stereocenters. The number of nitrogens with two attached hydrogens (primary N) is 1. The highest BCUT2D eigenvalue weighted by molar-refractivity contribution is 6.02. The Kier molecular flexibility index (Phi) is 6.06. The van der Waals surface area contributed by atoms with Gasteiger partial charge in [-0.1, -0.05) is 36.4 Å². The van der Waals surface area contributed by atoms with Crippen LogP contribution in [0.3, 0.4) is 0 Å². The molecular formula is C33H27F2N3O4. The van der Waals surface area contributed by atoms with Gasteiger partial charge in [0.15, 0.2) is 0 Å². The minimum atomic E-state index is -1.42. The number of halogens is 2. The molecule has 0 radical (unpaired) electrons. The first-order valence-corrected chi connectivity index (χ1v) is 13.3. The number of aromatic nitrogens is 2. The van der Waals surface area contributed by atoms with E-state index in [9.17, 15) is 23.9 Å². The van der Waals surface area contributed by atoms with E-state index < -0.39 is 34.4 Å². The van der Waals surface area contributed by atoms with Crippen LogP contribution in [0.15, 0.2) is 70.3 Å². The third-order valence-corrected chi connectivity index (χ3v) is 8.17. The lowest BCUT2D eigenvalue weighted by Gasteiger charge is -2.20. The van der Waals surface area contributed by atoms with Crippen molar-refractivity contribution in [3.63, 3.8) is 0 Å². The molecule has 5 aromatic rings. The Morgan fingerprint density at radius 3 is 2.31 bits per heavy atom. The first-order valence-electron chi connectivity index (χ1n) is 13.3. The predicted octanol–water partition coefficient (Wildman–Crippen LogP) is 4.84. The molecule has 42 heavy (non-hydrogen) atoms. The number of aliphatic hydroxyl groups is 1. The number of amides is 1. The van der Waals surface area contributed by atoms with Crippen molar-refractivity contribution in [3.8, 4) is 27.9 Å². The third kappa shape index (κ3) is 3.84. The number of carbonyl (C=O) groups is 1. The van der Waals surface area contributed by atoms with Crippen LogP contribution in [0.1, 0.15) is 46.5 Å². The maximum atomic E-state index is 15.8. The van der Waals surface area contributed by atoms with E-state index in [1.807, 2.05) is 6.07 Å². The lowest BCUT2D eigenvalue weighted by atomic mass is 9.88. The second-order valence-electron chi connectivity index (χ2n) is 11.1. The predicted molar refractivity (Wildman–Crippen MR) is 157 cm³/mol. The molecule has 0 fully saturated rings. The summed E-state index contributed by atoms with van der Waals surface area (Å²) in [6, 6.07) is 15.8. The fourth-order valence-corrected chi connectivity index (χ4v) is 6.12. The summed E-state index contributed by atoms with van der Waals surface area (Å²) in [4.78, 5) is 39.4. The topological polar surface area (TPSA) is 107 Å². The Morgan fingerprint density at radius 1 is 0.929 bits per heavy atom. The van der Waals surface area contributed by atoms with Crippen LogP contribution < -0.4 is 17.0 Å². The summed E-state index contributed by atoms with van der Waals surface area (Å²) in [7, 11) is 1.41. The molecular weight excluding hydrogens is 540 g/mol. The fourth-order valence-electron chi connectivity index (χ4n) is 6.12. The molecule has 0 aliphatic heterocycles. The minimum Gasteiger partial charge on any atom is -0.386 e. The Hall–Kier alpha value is -4.89. The van der Waals surface area contributed by atoms with Crippen molar-refractivity contribution >= 4 is 16.8 Å². The largest absolute Gasteiger partial charge is 0.386 e.